The lowest BCUT2D eigenvalue weighted by Gasteiger charge is -1.68. The van der Waals surface area contributed by atoms with Gasteiger partial charge in [0.15, 0.2) is 0 Å². The van der Waals surface area contributed by atoms with E-state index in [0.29, 0.717) is 0 Å². The average Bonchev–Trinajstić information content (AvgIpc) is 1.19. The first-order valence-corrected chi connectivity index (χ1v) is 3.30. The van der Waals surface area contributed by atoms with Gasteiger partial charge in [0.05, 0.1) is 0 Å². The summed E-state index contributed by atoms with van der Waals surface area (Å²) in [6, 6.07) is 0. The van der Waals surface area contributed by atoms with Gasteiger partial charge in [0.2, 0.25) is 0 Å². The first-order valence-electron chi connectivity index (χ1n) is 1.46. The molecule has 0 unspecified atom stereocenters. The summed E-state index contributed by atoms with van der Waals surface area (Å²) in [5, 5.41) is 6.00. The SMILES string of the molecule is N=C(N)S.O=S(=O)(O)O. The second-order valence-electron chi connectivity index (χ2n) is 0.833. The topological polar surface area (TPSA) is 124 Å². The number of thiol groups is 1. The van der Waals surface area contributed by atoms with Crippen molar-refractivity contribution in [2.75, 3.05) is 0 Å². The molecule has 0 amide bonds. The molecule has 0 aromatic heterocycles. The Hall–Kier alpha value is -0.310. The molecule has 0 fully saturated rings. The Morgan fingerprint density at radius 2 is 1.56 bits per heavy atom. The normalized spacial score (nSPS) is 9.22. The van der Waals surface area contributed by atoms with Gasteiger partial charge in [0.1, 0.15) is 5.17 Å². The largest absolute Gasteiger partial charge is 0.394 e. The molecule has 8 heteroatoms. The number of rotatable bonds is 0. The zero-order chi connectivity index (χ0) is 8.08. The van der Waals surface area contributed by atoms with Gasteiger partial charge in [-0.15, -0.1) is 12.6 Å². The van der Waals surface area contributed by atoms with Crippen molar-refractivity contribution in [3.05, 3.63) is 0 Å². The molecule has 0 bridgehead atoms. The fourth-order valence-electron chi connectivity index (χ4n) is 0. The molecule has 0 aliphatic carbocycles. The zero-order valence-corrected chi connectivity index (χ0v) is 5.85. The van der Waals surface area contributed by atoms with Crippen LogP contribution in [0.3, 0.4) is 0 Å². The Morgan fingerprint density at radius 1 is 1.56 bits per heavy atom. The second-order valence-corrected chi connectivity index (χ2v) is 2.21. The number of nitrogens with two attached hydrogens (primary N) is 1. The van der Waals surface area contributed by atoms with Crippen LogP contribution in [0.15, 0.2) is 0 Å². The zero-order valence-electron chi connectivity index (χ0n) is 4.14. The molecule has 0 saturated carbocycles. The Labute approximate surface area is 57.6 Å². The van der Waals surface area contributed by atoms with E-state index in [1.807, 2.05) is 0 Å². The lowest BCUT2D eigenvalue weighted by Crippen LogP contribution is -1.96. The van der Waals surface area contributed by atoms with Crippen LogP contribution in [0.25, 0.3) is 0 Å². The first kappa shape index (κ1) is 11.5. The molecule has 0 aromatic carbocycles. The lowest BCUT2D eigenvalue weighted by molar-refractivity contribution is 0.381. The molecule has 0 heterocycles. The van der Waals surface area contributed by atoms with Crippen LogP contribution in [-0.2, 0) is 10.4 Å². The van der Waals surface area contributed by atoms with E-state index in [0.717, 1.165) is 0 Å². The first-order chi connectivity index (χ1) is 3.73. The van der Waals surface area contributed by atoms with Crippen LogP contribution in [0.1, 0.15) is 0 Å². The third kappa shape index (κ3) is 2590. The van der Waals surface area contributed by atoms with Crippen molar-refractivity contribution in [2.24, 2.45) is 5.73 Å². The predicted molar refractivity (Wildman–Crippen MR) is 35.1 cm³/mol. The van der Waals surface area contributed by atoms with Gasteiger partial charge in [0.25, 0.3) is 0 Å². The van der Waals surface area contributed by atoms with Gasteiger partial charge in [-0.3, -0.25) is 14.5 Å². The molecule has 56 valence electrons. The van der Waals surface area contributed by atoms with Gasteiger partial charge >= 0.3 is 10.4 Å². The number of nitrogens with one attached hydrogen (secondary N) is 1. The van der Waals surface area contributed by atoms with Crippen molar-refractivity contribution >= 4 is 28.2 Å². The molecule has 0 radical (unpaired) electrons. The highest BCUT2D eigenvalue weighted by molar-refractivity contribution is 7.96. The summed E-state index contributed by atoms with van der Waals surface area (Å²) in [6.07, 6.45) is 0. The smallest absolute Gasteiger partial charge is 0.379 e. The van der Waals surface area contributed by atoms with Crippen LogP contribution < -0.4 is 5.73 Å². The maximum absolute atomic E-state index is 8.74. The molecule has 0 rings (SSSR count). The molecular weight excluding hydrogens is 168 g/mol. The third-order valence-corrected chi connectivity index (χ3v) is 0. The van der Waals surface area contributed by atoms with Gasteiger partial charge in [-0.25, -0.2) is 0 Å². The number of hydrogen-bond acceptors (Lipinski definition) is 3. The van der Waals surface area contributed by atoms with E-state index in [1.165, 1.54) is 0 Å². The van der Waals surface area contributed by atoms with Crippen LogP contribution in [-0.4, -0.2) is 22.7 Å². The Morgan fingerprint density at radius 3 is 1.56 bits per heavy atom. The van der Waals surface area contributed by atoms with E-state index < -0.39 is 10.4 Å². The minimum absolute atomic E-state index is 0.139. The van der Waals surface area contributed by atoms with Crippen molar-refractivity contribution in [2.45, 2.75) is 0 Å². The van der Waals surface area contributed by atoms with Crippen molar-refractivity contribution in [3.8, 4) is 0 Å². The summed E-state index contributed by atoms with van der Waals surface area (Å²) >= 11 is 3.33. The number of amidine groups is 1. The van der Waals surface area contributed by atoms with Crippen LogP contribution >= 0.6 is 12.6 Å². The summed E-state index contributed by atoms with van der Waals surface area (Å²) in [5.74, 6) is 0. The van der Waals surface area contributed by atoms with E-state index in [1.54, 1.807) is 0 Å². The van der Waals surface area contributed by atoms with Crippen molar-refractivity contribution < 1.29 is 17.5 Å². The van der Waals surface area contributed by atoms with Crippen LogP contribution in [0.5, 0.6) is 0 Å². The summed E-state index contributed by atoms with van der Waals surface area (Å²) in [6.45, 7) is 0. The molecule has 0 spiro atoms. The highest BCUT2D eigenvalue weighted by Crippen LogP contribution is 1.59. The molecule has 0 saturated heterocycles. The molecule has 6 nitrogen and oxygen atoms in total. The maximum atomic E-state index is 8.74. The van der Waals surface area contributed by atoms with Gasteiger partial charge in [-0.05, 0) is 0 Å². The van der Waals surface area contributed by atoms with Crippen molar-refractivity contribution in [3.63, 3.8) is 0 Å². The molecular formula is CH6N2O4S2. The maximum Gasteiger partial charge on any atom is 0.394 e. The van der Waals surface area contributed by atoms with Gasteiger partial charge < -0.3 is 5.73 Å². The Kier molecular flexibility index (Phi) is 5.81. The minimum Gasteiger partial charge on any atom is -0.379 e. The lowest BCUT2D eigenvalue weighted by atomic mass is 11.4. The minimum atomic E-state index is -4.67. The fraction of sp³-hybridized carbons (Fsp3) is 0. The molecule has 0 atom stereocenters. The van der Waals surface area contributed by atoms with E-state index in [9.17, 15) is 0 Å². The average molecular weight is 174 g/mol. The van der Waals surface area contributed by atoms with Crippen LogP contribution in [0.4, 0.5) is 0 Å². The molecule has 0 aliphatic rings. The molecule has 0 aromatic rings. The van der Waals surface area contributed by atoms with E-state index in [2.05, 4.69) is 18.4 Å². The predicted octanol–water partition coefficient (Wildman–Crippen LogP) is -0.843. The molecule has 9 heavy (non-hydrogen) atoms. The standard InChI is InChI=1S/CH4N2S.H2O4S/c2-1(3)4;1-5(2,3)4/h(H4,2,3,4);(H2,1,2,3,4). The van der Waals surface area contributed by atoms with Gasteiger partial charge in [-0.1, -0.05) is 0 Å². The Balaban J connectivity index is 0. The fourth-order valence-corrected chi connectivity index (χ4v) is 0. The summed E-state index contributed by atoms with van der Waals surface area (Å²) in [4.78, 5) is 0. The van der Waals surface area contributed by atoms with E-state index in [-0.39, 0.29) is 5.17 Å². The van der Waals surface area contributed by atoms with Crippen molar-refractivity contribution in [1.82, 2.24) is 0 Å². The monoisotopic (exact) mass is 174 g/mol. The van der Waals surface area contributed by atoms with E-state index in [4.69, 9.17) is 22.9 Å². The van der Waals surface area contributed by atoms with Gasteiger partial charge in [0, 0.05) is 0 Å². The van der Waals surface area contributed by atoms with Crippen LogP contribution in [0.2, 0.25) is 0 Å². The van der Waals surface area contributed by atoms with Gasteiger partial charge in [-0.2, -0.15) is 8.42 Å². The van der Waals surface area contributed by atoms with Crippen molar-refractivity contribution in [1.29, 1.82) is 5.41 Å². The number of hydrogen-bond donors (Lipinski definition) is 5. The third-order valence-electron chi connectivity index (χ3n) is 0. The molecule has 0 aliphatic heterocycles. The summed E-state index contributed by atoms with van der Waals surface area (Å²) in [5.41, 5.74) is 4.56. The highest BCUT2D eigenvalue weighted by Gasteiger charge is 1.84. The summed E-state index contributed by atoms with van der Waals surface area (Å²) < 4.78 is 31.6. The summed E-state index contributed by atoms with van der Waals surface area (Å²) in [7, 11) is -4.67. The van der Waals surface area contributed by atoms with E-state index >= 15 is 0 Å². The molecule has 5 N–H and O–H groups in total. The second kappa shape index (κ2) is 4.56. The highest BCUT2D eigenvalue weighted by atomic mass is 32.3. The van der Waals surface area contributed by atoms with Crippen LogP contribution in [0, 0.1) is 5.41 Å². The quantitative estimate of drug-likeness (QED) is 0.142. The Bertz CT molecular complexity index is 159.